The molecule has 0 amide bonds. The van der Waals surface area contributed by atoms with Crippen LogP contribution in [0.15, 0.2) is 206 Å². The molecule has 70 heavy (non-hydrogen) atoms. The summed E-state index contributed by atoms with van der Waals surface area (Å²) in [5, 5.41) is 26.1. The van der Waals surface area contributed by atoms with Crippen LogP contribution >= 0.6 is 0 Å². The molecule has 0 fully saturated rings. The topological polar surface area (TPSA) is 151 Å². The number of hydrogen-bond acceptors (Lipinski definition) is 8. The van der Waals surface area contributed by atoms with Crippen LogP contribution in [-0.2, 0) is 22.4 Å². The molecule has 0 aromatic heterocycles. The van der Waals surface area contributed by atoms with Crippen molar-refractivity contribution in [3.63, 3.8) is 0 Å². The summed E-state index contributed by atoms with van der Waals surface area (Å²) in [7, 11) is 0. The number of rotatable bonds is 20. The fraction of sp³-hybridized carbons (Fsp3) is 0.100. The molecule has 0 aliphatic carbocycles. The maximum atomic E-state index is 13.2. The molecule has 346 valence electrons. The molecule has 0 saturated heterocycles. The van der Waals surface area contributed by atoms with Gasteiger partial charge in [0.2, 0.25) is 0 Å². The van der Waals surface area contributed by atoms with Crippen LogP contribution in [0.1, 0.15) is 54.1 Å². The number of ether oxygens (including phenoxy) is 2. The predicted octanol–water partition coefficient (Wildman–Crippen LogP) is 10.3. The lowest BCUT2D eigenvalue weighted by atomic mass is 10.00. The van der Waals surface area contributed by atoms with Crippen LogP contribution in [0, 0.1) is 23.7 Å². The van der Waals surface area contributed by atoms with Crippen LogP contribution in [0.5, 0.6) is 11.5 Å². The Balaban J connectivity index is 0.810. The van der Waals surface area contributed by atoms with Crippen LogP contribution in [0.25, 0.3) is 0 Å². The molecule has 0 radical (unpaired) electrons. The molecule has 2 unspecified atom stereocenters. The first-order chi connectivity index (χ1) is 34.2. The molecule has 4 N–H and O–H groups in total. The fourth-order valence-corrected chi connectivity index (χ4v) is 7.18. The number of carbonyl (C=O) groups is 4. The Kier molecular flexibility index (Phi) is 17.3. The van der Waals surface area contributed by atoms with Crippen LogP contribution in [0.4, 0.5) is 11.4 Å². The van der Waals surface area contributed by atoms with E-state index in [-0.39, 0.29) is 24.4 Å². The molecule has 0 saturated carbocycles. The summed E-state index contributed by atoms with van der Waals surface area (Å²) < 4.78 is 11.6. The summed E-state index contributed by atoms with van der Waals surface area (Å²) in [5.41, 5.74) is 6.01. The summed E-state index contributed by atoms with van der Waals surface area (Å²) >= 11 is 0. The zero-order valence-corrected chi connectivity index (χ0v) is 38.0. The lowest BCUT2D eigenvalue weighted by Gasteiger charge is -2.18. The van der Waals surface area contributed by atoms with Crippen molar-refractivity contribution < 1.29 is 38.9 Å². The van der Waals surface area contributed by atoms with E-state index in [4.69, 9.17) is 9.47 Å². The van der Waals surface area contributed by atoms with E-state index in [1.807, 2.05) is 60.7 Å². The quantitative estimate of drug-likeness (QED) is 0.0430. The highest BCUT2D eigenvalue weighted by atomic mass is 16.5. The van der Waals surface area contributed by atoms with Gasteiger partial charge < -0.3 is 30.3 Å². The molecule has 0 spiro atoms. The van der Waals surface area contributed by atoms with Crippen molar-refractivity contribution in [2.24, 2.45) is 0 Å². The Hall–Kier alpha value is -9.38. The van der Waals surface area contributed by atoms with Crippen LogP contribution in [0.3, 0.4) is 0 Å². The molecule has 7 rings (SSSR count). The van der Waals surface area contributed by atoms with Gasteiger partial charge in [-0.1, -0.05) is 133 Å². The maximum absolute atomic E-state index is 13.2. The van der Waals surface area contributed by atoms with Crippen molar-refractivity contribution in [1.82, 2.24) is 0 Å². The monoisotopic (exact) mass is 924 g/mol. The normalized spacial score (nSPS) is 11.5. The molecule has 0 bridgehead atoms. The minimum atomic E-state index is -1.03. The molecule has 0 heterocycles. The second-order valence-corrected chi connectivity index (χ2v) is 15.8. The lowest BCUT2D eigenvalue weighted by molar-refractivity contribution is -0.138. The number of anilines is 2. The Morgan fingerprint density at radius 3 is 1.19 bits per heavy atom. The number of benzene rings is 7. The molecule has 7 aromatic rings. The highest BCUT2D eigenvalue weighted by Crippen LogP contribution is 2.24. The Labute approximate surface area is 407 Å². The van der Waals surface area contributed by atoms with Gasteiger partial charge in [-0.3, -0.25) is 9.59 Å². The zero-order chi connectivity index (χ0) is 48.9. The van der Waals surface area contributed by atoms with Gasteiger partial charge in [0.25, 0.3) is 0 Å². The Morgan fingerprint density at radius 1 is 0.457 bits per heavy atom. The molecule has 0 aliphatic heterocycles. The predicted molar refractivity (Wildman–Crippen MR) is 272 cm³/mol. The molecular formula is C60H48N2O8. The number of carboxylic acid groups (broad SMARTS) is 2. The highest BCUT2D eigenvalue weighted by molar-refractivity contribution is 6.13. The largest absolute Gasteiger partial charge is 0.490 e. The first-order valence-corrected chi connectivity index (χ1v) is 22.4. The van der Waals surface area contributed by atoms with E-state index in [1.54, 1.807) is 146 Å². The standard InChI is InChI=1S/C60H48N2O8/c63-57(47-19-7-1-8-20-47)51-23-11-13-25-53(51)61-55(59(65)66)41-45-31-35-49(36-32-45)69-39-15-3-5-17-43-27-29-44(30-28-43)18-6-4-16-40-70-50-37-33-46(34-38-50)42-56(60(67)68)62-54-26-14-12-24-52(54)58(64)48-21-9-2-10-22-48/h1-4,7-16,19-38,55-56,61-62H,39-42H2,(H,65,66)(H,67,68)/b15-3+,16-4+. The second-order valence-electron chi connectivity index (χ2n) is 15.8. The van der Waals surface area contributed by atoms with Crippen molar-refractivity contribution in [3.8, 4) is 35.2 Å². The molecule has 7 aromatic carbocycles. The Bertz CT molecular complexity index is 2880. The zero-order valence-electron chi connectivity index (χ0n) is 38.0. The van der Waals surface area contributed by atoms with Gasteiger partial charge in [-0.2, -0.15) is 0 Å². The van der Waals surface area contributed by atoms with Gasteiger partial charge in [0, 0.05) is 57.6 Å². The van der Waals surface area contributed by atoms with Crippen molar-refractivity contribution in [2.45, 2.75) is 24.9 Å². The average molecular weight is 925 g/mol. The summed E-state index contributed by atoms with van der Waals surface area (Å²) in [5.74, 6) is 11.0. The van der Waals surface area contributed by atoms with Gasteiger partial charge >= 0.3 is 11.9 Å². The first-order valence-electron chi connectivity index (χ1n) is 22.4. The third-order valence-corrected chi connectivity index (χ3v) is 10.8. The summed E-state index contributed by atoms with van der Waals surface area (Å²) in [6.07, 6.45) is 7.44. The summed E-state index contributed by atoms with van der Waals surface area (Å²) in [6, 6.07) is 51.7. The summed E-state index contributed by atoms with van der Waals surface area (Å²) in [6.45, 7) is 0.591. The number of aliphatic carboxylic acids is 2. The molecular weight excluding hydrogens is 877 g/mol. The minimum Gasteiger partial charge on any atom is -0.490 e. The number of carbonyl (C=O) groups excluding carboxylic acids is 2. The number of allylic oxidation sites excluding steroid dienone is 2. The van der Waals surface area contributed by atoms with Crippen LogP contribution < -0.4 is 20.1 Å². The number of para-hydroxylation sites is 2. The molecule has 0 aliphatic rings. The van der Waals surface area contributed by atoms with E-state index in [2.05, 4.69) is 34.3 Å². The van der Waals surface area contributed by atoms with E-state index in [0.29, 0.717) is 58.3 Å². The van der Waals surface area contributed by atoms with E-state index in [0.717, 1.165) is 22.3 Å². The minimum absolute atomic E-state index is 0.190. The maximum Gasteiger partial charge on any atom is 0.326 e. The second kappa shape index (κ2) is 24.9. The van der Waals surface area contributed by atoms with Gasteiger partial charge in [0.15, 0.2) is 11.6 Å². The Morgan fingerprint density at radius 2 is 0.814 bits per heavy atom. The van der Waals surface area contributed by atoms with Crippen molar-refractivity contribution in [1.29, 1.82) is 0 Å². The third kappa shape index (κ3) is 14.3. The van der Waals surface area contributed by atoms with Crippen LogP contribution in [-0.4, -0.2) is 59.0 Å². The SMILES string of the molecule is O=C(c1ccccc1)c1ccccc1NC(Cc1ccc(OC/C=C/C#Cc2ccc(C#C/C=C/COc3ccc(CC(Nc4ccccc4C(=O)c4ccccc4)C(=O)O)cc3)cc2)cc1)C(=O)O. The van der Waals surface area contributed by atoms with E-state index >= 15 is 0 Å². The fourth-order valence-electron chi connectivity index (χ4n) is 7.18. The van der Waals surface area contributed by atoms with Gasteiger partial charge in [-0.05, 0) is 108 Å². The van der Waals surface area contributed by atoms with Crippen molar-refractivity contribution in [2.75, 3.05) is 23.8 Å². The number of hydrogen-bond donors (Lipinski definition) is 4. The van der Waals surface area contributed by atoms with E-state index < -0.39 is 24.0 Å². The number of ketones is 2. The van der Waals surface area contributed by atoms with Gasteiger partial charge in [0.1, 0.15) is 36.8 Å². The molecule has 10 heteroatoms. The van der Waals surface area contributed by atoms with Gasteiger partial charge in [-0.15, -0.1) is 0 Å². The van der Waals surface area contributed by atoms with E-state index in [9.17, 15) is 29.4 Å². The summed E-state index contributed by atoms with van der Waals surface area (Å²) in [4.78, 5) is 50.8. The number of nitrogens with one attached hydrogen (secondary N) is 2. The van der Waals surface area contributed by atoms with Crippen LogP contribution in [0.2, 0.25) is 0 Å². The van der Waals surface area contributed by atoms with Gasteiger partial charge in [0.05, 0.1) is 0 Å². The highest BCUT2D eigenvalue weighted by Gasteiger charge is 2.23. The average Bonchev–Trinajstić information content (AvgIpc) is 3.39. The third-order valence-electron chi connectivity index (χ3n) is 10.8. The van der Waals surface area contributed by atoms with Crippen molar-refractivity contribution >= 4 is 34.9 Å². The molecule has 10 nitrogen and oxygen atoms in total. The molecule has 2 atom stereocenters. The van der Waals surface area contributed by atoms with Crippen molar-refractivity contribution in [3.05, 3.63) is 251 Å². The van der Waals surface area contributed by atoms with Gasteiger partial charge in [-0.25, -0.2) is 9.59 Å². The first kappa shape index (κ1) is 48.6. The smallest absolute Gasteiger partial charge is 0.326 e. The lowest BCUT2D eigenvalue weighted by Crippen LogP contribution is -2.32. The number of carboxylic acids is 2. The van der Waals surface area contributed by atoms with E-state index in [1.165, 1.54) is 0 Å².